The van der Waals surface area contributed by atoms with Gasteiger partial charge in [0, 0.05) is 16.3 Å². The van der Waals surface area contributed by atoms with Crippen molar-refractivity contribution in [3.63, 3.8) is 0 Å². The summed E-state index contributed by atoms with van der Waals surface area (Å²) < 4.78 is 6.32. The Labute approximate surface area is 100 Å². The Balaban J connectivity index is 1.83. The summed E-state index contributed by atoms with van der Waals surface area (Å²) in [5, 5.41) is 5.68. The normalized spacial score (nSPS) is 38.4. The number of nitrogens with one attached hydrogen (secondary N) is 1. The number of rotatable bonds is 1. The van der Waals surface area contributed by atoms with Gasteiger partial charge in [0.15, 0.2) is 0 Å². The van der Waals surface area contributed by atoms with Crippen LogP contribution in [-0.2, 0) is 15.8 Å². The Morgan fingerprint density at radius 2 is 2.31 bits per heavy atom. The molecule has 1 aliphatic heterocycles. The van der Waals surface area contributed by atoms with Gasteiger partial charge in [-0.25, -0.2) is 0 Å². The minimum atomic E-state index is 0.0338. The summed E-state index contributed by atoms with van der Waals surface area (Å²) in [5.74, 6) is 0. The topological polar surface area (TPSA) is 21.3 Å². The predicted octanol–water partition coefficient (Wildman–Crippen LogP) is 2.39. The van der Waals surface area contributed by atoms with Crippen molar-refractivity contribution in [3.05, 3.63) is 21.9 Å². The molecule has 2 unspecified atom stereocenters. The van der Waals surface area contributed by atoms with Crippen LogP contribution in [-0.4, -0.2) is 19.7 Å². The minimum Gasteiger partial charge on any atom is -0.367 e. The first kappa shape index (κ1) is 9.63. The van der Waals surface area contributed by atoms with Crippen molar-refractivity contribution in [2.75, 3.05) is 13.7 Å². The number of hydrogen-bond acceptors (Lipinski definition) is 3. The molecule has 2 heterocycles. The van der Waals surface area contributed by atoms with Crippen LogP contribution in [0.2, 0.25) is 0 Å². The Morgan fingerprint density at radius 1 is 1.44 bits per heavy atom. The number of hydrogen-bond donors (Lipinski definition) is 1. The van der Waals surface area contributed by atoms with Gasteiger partial charge < -0.3 is 10.1 Å². The van der Waals surface area contributed by atoms with Gasteiger partial charge in [-0.2, -0.15) is 0 Å². The second-order valence-electron chi connectivity index (χ2n) is 5.50. The van der Waals surface area contributed by atoms with Gasteiger partial charge in [-0.15, -0.1) is 11.3 Å². The molecule has 0 radical (unpaired) electrons. The highest BCUT2D eigenvalue weighted by Crippen LogP contribution is 2.60. The van der Waals surface area contributed by atoms with Crippen LogP contribution in [0.3, 0.4) is 0 Å². The van der Waals surface area contributed by atoms with Gasteiger partial charge in [-0.1, -0.05) is 0 Å². The third-order valence-electron chi connectivity index (χ3n) is 4.80. The Bertz CT molecular complexity index is 435. The van der Waals surface area contributed by atoms with Crippen molar-refractivity contribution in [2.45, 2.75) is 42.7 Å². The highest BCUT2D eigenvalue weighted by molar-refractivity contribution is 7.10. The molecule has 2 atom stereocenters. The van der Waals surface area contributed by atoms with Crippen LogP contribution in [0.25, 0.3) is 0 Å². The number of thiophene rings is 1. The second-order valence-corrected chi connectivity index (χ2v) is 6.42. The van der Waals surface area contributed by atoms with E-state index in [4.69, 9.17) is 4.74 Å². The lowest BCUT2D eigenvalue weighted by molar-refractivity contribution is -0.145. The van der Waals surface area contributed by atoms with Gasteiger partial charge >= 0.3 is 0 Å². The van der Waals surface area contributed by atoms with E-state index in [1.807, 2.05) is 11.3 Å². The fourth-order valence-corrected chi connectivity index (χ4v) is 4.66. The van der Waals surface area contributed by atoms with E-state index in [1.165, 1.54) is 30.6 Å². The Kier molecular flexibility index (Phi) is 1.74. The molecular weight excluding hydrogens is 218 g/mol. The van der Waals surface area contributed by atoms with E-state index in [1.54, 1.807) is 5.56 Å². The van der Waals surface area contributed by atoms with Crippen LogP contribution < -0.4 is 5.32 Å². The largest absolute Gasteiger partial charge is 0.367 e. The van der Waals surface area contributed by atoms with E-state index in [2.05, 4.69) is 23.8 Å². The molecule has 1 N–H and O–H groups in total. The molecule has 2 nitrogen and oxygen atoms in total. The van der Waals surface area contributed by atoms with Gasteiger partial charge in [0.2, 0.25) is 0 Å². The van der Waals surface area contributed by atoms with E-state index in [0.717, 1.165) is 6.61 Å². The van der Waals surface area contributed by atoms with Crippen molar-refractivity contribution < 1.29 is 4.74 Å². The molecule has 3 heteroatoms. The Morgan fingerprint density at radius 3 is 2.94 bits per heavy atom. The summed E-state index contributed by atoms with van der Waals surface area (Å²) in [6.07, 6.45) is 5.11. The lowest BCUT2D eigenvalue weighted by Crippen LogP contribution is -2.59. The van der Waals surface area contributed by atoms with E-state index in [-0.39, 0.29) is 5.60 Å². The van der Waals surface area contributed by atoms with Crippen molar-refractivity contribution in [1.29, 1.82) is 0 Å². The maximum absolute atomic E-state index is 6.32. The summed E-state index contributed by atoms with van der Waals surface area (Å²) in [6, 6.07) is 2.88. The first-order chi connectivity index (χ1) is 7.81. The molecule has 2 fully saturated rings. The molecule has 0 amide bonds. The molecule has 0 saturated heterocycles. The van der Waals surface area contributed by atoms with Crippen LogP contribution in [0.4, 0.5) is 0 Å². The molecule has 2 spiro atoms. The minimum absolute atomic E-state index is 0.0338. The van der Waals surface area contributed by atoms with Gasteiger partial charge in [-0.3, -0.25) is 0 Å². The first-order valence-electron chi connectivity index (χ1n) is 6.20. The average molecular weight is 235 g/mol. The number of likely N-dealkylation sites (N-methyl/N-ethyl adjacent to an activating group) is 1. The van der Waals surface area contributed by atoms with Crippen molar-refractivity contribution >= 4 is 11.3 Å². The highest BCUT2D eigenvalue weighted by Gasteiger charge is 2.59. The molecule has 1 aromatic heterocycles. The average Bonchev–Trinajstić information content (AvgIpc) is 2.86. The zero-order valence-electron chi connectivity index (χ0n) is 9.58. The summed E-state index contributed by atoms with van der Waals surface area (Å²) in [4.78, 5) is 1.53. The third kappa shape index (κ3) is 0.957. The fraction of sp³-hybridized carbons (Fsp3) is 0.692. The second kappa shape index (κ2) is 2.89. The standard InChI is InChI=1S/C13H17NOS/c1-14-10-2-4-13(10)11-9(3-7-16-11)12(5-6-12)8-15-13/h3,7,10,14H,2,4-6,8H2,1H3. The maximum Gasteiger partial charge on any atom is 0.118 e. The lowest BCUT2D eigenvalue weighted by atomic mass is 9.69. The smallest absolute Gasteiger partial charge is 0.118 e. The van der Waals surface area contributed by atoms with Gasteiger partial charge in [-0.05, 0) is 49.7 Å². The van der Waals surface area contributed by atoms with Crippen LogP contribution in [0.1, 0.15) is 36.1 Å². The van der Waals surface area contributed by atoms with E-state index < -0.39 is 0 Å². The molecule has 3 aliphatic rings. The van der Waals surface area contributed by atoms with Crippen LogP contribution in [0.5, 0.6) is 0 Å². The third-order valence-corrected chi connectivity index (χ3v) is 5.87. The van der Waals surface area contributed by atoms with Gasteiger partial charge in [0.05, 0.1) is 6.61 Å². The molecule has 0 bridgehead atoms. The molecule has 16 heavy (non-hydrogen) atoms. The van der Waals surface area contributed by atoms with Crippen molar-refractivity contribution in [3.8, 4) is 0 Å². The molecule has 86 valence electrons. The monoisotopic (exact) mass is 235 g/mol. The molecule has 0 aromatic carbocycles. The predicted molar refractivity (Wildman–Crippen MR) is 64.9 cm³/mol. The molecular formula is C13H17NOS. The summed E-state index contributed by atoms with van der Waals surface area (Å²) in [6.45, 7) is 0.953. The first-order valence-corrected chi connectivity index (χ1v) is 7.08. The Hall–Kier alpha value is -0.380. The van der Waals surface area contributed by atoms with E-state index >= 15 is 0 Å². The fourth-order valence-electron chi connectivity index (χ4n) is 3.40. The zero-order valence-corrected chi connectivity index (χ0v) is 10.4. The summed E-state index contributed by atoms with van der Waals surface area (Å²) in [5.41, 5.74) is 2.07. The molecule has 2 aliphatic carbocycles. The summed E-state index contributed by atoms with van der Waals surface area (Å²) in [7, 11) is 2.06. The van der Waals surface area contributed by atoms with Gasteiger partial charge in [0.25, 0.3) is 0 Å². The van der Waals surface area contributed by atoms with Gasteiger partial charge in [0.1, 0.15) is 5.60 Å². The molecule has 2 saturated carbocycles. The lowest BCUT2D eigenvalue weighted by Gasteiger charge is -2.52. The SMILES string of the molecule is CNC1CCC12OCC1(CC1)c1ccsc12. The zero-order chi connectivity index (χ0) is 10.8. The quantitative estimate of drug-likeness (QED) is 0.807. The van der Waals surface area contributed by atoms with Crippen LogP contribution >= 0.6 is 11.3 Å². The maximum atomic E-state index is 6.32. The number of ether oxygens (including phenoxy) is 1. The van der Waals surface area contributed by atoms with Crippen LogP contribution in [0, 0.1) is 0 Å². The van der Waals surface area contributed by atoms with Crippen molar-refractivity contribution in [2.24, 2.45) is 0 Å². The molecule has 4 rings (SSSR count). The summed E-state index contributed by atoms with van der Waals surface area (Å²) >= 11 is 1.90. The van der Waals surface area contributed by atoms with Crippen LogP contribution in [0.15, 0.2) is 11.4 Å². The van der Waals surface area contributed by atoms with E-state index in [9.17, 15) is 0 Å². The van der Waals surface area contributed by atoms with E-state index in [0.29, 0.717) is 11.5 Å². The molecule has 1 aromatic rings. The number of fused-ring (bicyclic) bond motifs is 3. The van der Waals surface area contributed by atoms with Crippen molar-refractivity contribution in [1.82, 2.24) is 5.32 Å². The highest BCUT2D eigenvalue weighted by atomic mass is 32.1.